The molecule has 0 saturated heterocycles. The molecular weight excluding hydrogens is 226 g/mol. The first-order valence-electron chi connectivity index (χ1n) is 5.65. The number of hydrogen-bond donors (Lipinski definition) is 1. The van der Waals surface area contributed by atoms with Crippen molar-refractivity contribution in [2.24, 2.45) is 0 Å². The molecule has 0 amide bonds. The third-order valence-electron chi connectivity index (χ3n) is 2.80. The maximum Gasteiger partial charge on any atom is 0.0467 e. The molecule has 2 aromatic carbocycles. The van der Waals surface area contributed by atoms with E-state index in [4.69, 9.17) is 0 Å². The highest BCUT2D eigenvalue weighted by Gasteiger charge is 2.08. The monoisotopic (exact) mass is 239 g/mol. The molecule has 0 unspecified atom stereocenters. The van der Waals surface area contributed by atoms with Crippen LogP contribution in [-0.4, -0.2) is 4.98 Å². The van der Waals surface area contributed by atoms with Crippen LogP contribution in [0.15, 0.2) is 64.4 Å². The molecule has 3 rings (SSSR count). The zero-order chi connectivity index (χ0) is 11.7. The van der Waals surface area contributed by atoms with Gasteiger partial charge in [0.1, 0.15) is 0 Å². The van der Waals surface area contributed by atoms with Gasteiger partial charge >= 0.3 is 0 Å². The second-order valence-electron chi connectivity index (χ2n) is 4.04. The Balaban J connectivity index is 2.08. The van der Waals surface area contributed by atoms with E-state index in [1.54, 1.807) is 0 Å². The summed E-state index contributed by atoms with van der Waals surface area (Å²) in [7, 11) is 0. The molecule has 1 nitrogen and oxygen atoms in total. The Morgan fingerprint density at radius 1 is 0.882 bits per heavy atom. The van der Waals surface area contributed by atoms with Gasteiger partial charge in [0.15, 0.2) is 0 Å². The summed E-state index contributed by atoms with van der Waals surface area (Å²) in [6.07, 6.45) is 0. The van der Waals surface area contributed by atoms with E-state index in [1.807, 2.05) is 17.8 Å². The molecule has 1 heterocycles. The number of aromatic amines is 1. The van der Waals surface area contributed by atoms with E-state index >= 15 is 0 Å². The zero-order valence-corrected chi connectivity index (χ0v) is 10.4. The predicted octanol–water partition coefficient (Wildman–Crippen LogP) is 4.63. The number of H-pyrrole nitrogens is 1. The Morgan fingerprint density at radius 2 is 1.59 bits per heavy atom. The molecule has 0 aliphatic rings. The highest BCUT2D eigenvalue weighted by Crippen LogP contribution is 2.35. The van der Waals surface area contributed by atoms with Gasteiger partial charge in [0, 0.05) is 26.4 Å². The minimum Gasteiger partial charge on any atom is -0.358 e. The standard InChI is InChI=1S/C15H13NS/c1-11-15(17-12-7-3-2-4-8-12)13-9-5-6-10-14(13)16-11/h2-10,16H,1H3. The van der Waals surface area contributed by atoms with Gasteiger partial charge < -0.3 is 4.98 Å². The van der Waals surface area contributed by atoms with Crippen LogP contribution < -0.4 is 0 Å². The average molecular weight is 239 g/mol. The van der Waals surface area contributed by atoms with Crippen LogP contribution in [0.2, 0.25) is 0 Å². The van der Waals surface area contributed by atoms with Gasteiger partial charge in [-0.15, -0.1) is 0 Å². The molecule has 0 spiro atoms. The van der Waals surface area contributed by atoms with E-state index in [9.17, 15) is 0 Å². The van der Waals surface area contributed by atoms with Crippen LogP contribution in [0.25, 0.3) is 10.9 Å². The fraction of sp³-hybridized carbons (Fsp3) is 0.0667. The highest BCUT2D eigenvalue weighted by atomic mass is 32.2. The van der Waals surface area contributed by atoms with Gasteiger partial charge in [0.05, 0.1) is 0 Å². The average Bonchev–Trinajstić information content (AvgIpc) is 2.68. The summed E-state index contributed by atoms with van der Waals surface area (Å²) in [5.74, 6) is 0. The van der Waals surface area contributed by atoms with Gasteiger partial charge in [0.25, 0.3) is 0 Å². The molecule has 84 valence electrons. The van der Waals surface area contributed by atoms with Crippen LogP contribution in [0, 0.1) is 6.92 Å². The van der Waals surface area contributed by atoms with Gasteiger partial charge in [-0.25, -0.2) is 0 Å². The molecule has 1 N–H and O–H groups in total. The molecule has 0 atom stereocenters. The van der Waals surface area contributed by atoms with Crippen molar-refractivity contribution in [1.82, 2.24) is 4.98 Å². The largest absolute Gasteiger partial charge is 0.358 e. The molecule has 1 aromatic heterocycles. The van der Waals surface area contributed by atoms with E-state index in [0.29, 0.717) is 0 Å². The Labute approximate surface area is 105 Å². The van der Waals surface area contributed by atoms with E-state index in [-0.39, 0.29) is 0 Å². The van der Waals surface area contributed by atoms with E-state index < -0.39 is 0 Å². The van der Waals surface area contributed by atoms with Gasteiger partial charge in [-0.3, -0.25) is 0 Å². The Hall–Kier alpha value is -1.67. The van der Waals surface area contributed by atoms with Crippen LogP contribution >= 0.6 is 11.8 Å². The lowest BCUT2D eigenvalue weighted by molar-refractivity contribution is 1.23. The molecule has 17 heavy (non-hydrogen) atoms. The van der Waals surface area contributed by atoms with Crippen molar-refractivity contribution in [2.45, 2.75) is 16.7 Å². The quantitative estimate of drug-likeness (QED) is 0.689. The lowest BCUT2D eigenvalue weighted by Crippen LogP contribution is -1.75. The first kappa shape index (κ1) is 10.5. The zero-order valence-electron chi connectivity index (χ0n) is 9.60. The molecule has 0 fully saturated rings. The third-order valence-corrected chi connectivity index (χ3v) is 4.04. The van der Waals surface area contributed by atoms with Crippen LogP contribution in [0.1, 0.15) is 5.69 Å². The number of benzene rings is 2. The maximum atomic E-state index is 3.43. The van der Waals surface area contributed by atoms with Crippen LogP contribution in [0.3, 0.4) is 0 Å². The number of para-hydroxylation sites is 1. The Bertz CT molecular complexity index is 640. The van der Waals surface area contributed by atoms with Gasteiger partial charge in [-0.2, -0.15) is 0 Å². The van der Waals surface area contributed by atoms with E-state index in [2.05, 4.69) is 60.4 Å². The summed E-state index contributed by atoms with van der Waals surface area (Å²) >= 11 is 1.82. The maximum absolute atomic E-state index is 3.43. The van der Waals surface area contributed by atoms with Crippen molar-refractivity contribution < 1.29 is 0 Å². The summed E-state index contributed by atoms with van der Waals surface area (Å²) in [5.41, 5.74) is 2.45. The van der Waals surface area contributed by atoms with Crippen LogP contribution in [0.5, 0.6) is 0 Å². The van der Waals surface area contributed by atoms with Crippen molar-refractivity contribution in [3.05, 3.63) is 60.3 Å². The first-order valence-corrected chi connectivity index (χ1v) is 6.46. The second kappa shape index (κ2) is 4.30. The molecule has 0 aliphatic heterocycles. The van der Waals surface area contributed by atoms with Gasteiger partial charge in [-0.1, -0.05) is 48.2 Å². The normalized spacial score (nSPS) is 10.9. The summed E-state index contributed by atoms with van der Waals surface area (Å²) in [5, 5.41) is 1.30. The molecule has 2 heteroatoms. The smallest absolute Gasteiger partial charge is 0.0467 e. The lowest BCUT2D eigenvalue weighted by Gasteiger charge is -2.01. The second-order valence-corrected chi connectivity index (χ2v) is 5.12. The number of aryl methyl sites for hydroxylation is 1. The van der Waals surface area contributed by atoms with Crippen molar-refractivity contribution in [1.29, 1.82) is 0 Å². The van der Waals surface area contributed by atoms with Crippen molar-refractivity contribution in [2.75, 3.05) is 0 Å². The number of hydrogen-bond acceptors (Lipinski definition) is 1. The number of fused-ring (bicyclic) bond motifs is 1. The third kappa shape index (κ3) is 1.96. The minimum absolute atomic E-state index is 1.21. The van der Waals surface area contributed by atoms with Crippen LogP contribution in [-0.2, 0) is 0 Å². The number of nitrogens with one attached hydrogen (secondary N) is 1. The SMILES string of the molecule is Cc1[nH]c2ccccc2c1Sc1ccccc1. The molecule has 3 aromatic rings. The van der Waals surface area contributed by atoms with Crippen LogP contribution in [0.4, 0.5) is 0 Å². The molecule has 0 radical (unpaired) electrons. The van der Waals surface area contributed by atoms with E-state index in [0.717, 1.165) is 0 Å². The topological polar surface area (TPSA) is 15.8 Å². The lowest BCUT2D eigenvalue weighted by atomic mass is 10.2. The summed E-state index contributed by atoms with van der Waals surface area (Å²) in [6, 6.07) is 18.9. The molecule has 0 aliphatic carbocycles. The molecular formula is C15H13NS. The fourth-order valence-electron chi connectivity index (χ4n) is 1.99. The number of rotatable bonds is 2. The summed E-state index contributed by atoms with van der Waals surface area (Å²) < 4.78 is 0. The molecule has 0 saturated carbocycles. The number of aromatic nitrogens is 1. The minimum atomic E-state index is 1.21. The predicted molar refractivity (Wildman–Crippen MR) is 73.6 cm³/mol. The summed E-state index contributed by atoms with van der Waals surface area (Å²) in [4.78, 5) is 6.03. The first-order chi connectivity index (χ1) is 8.34. The highest BCUT2D eigenvalue weighted by molar-refractivity contribution is 7.99. The van der Waals surface area contributed by atoms with Crippen molar-refractivity contribution in [3.63, 3.8) is 0 Å². The van der Waals surface area contributed by atoms with Gasteiger partial charge in [-0.05, 0) is 25.1 Å². The summed E-state index contributed by atoms with van der Waals surface area (Å²) in [6.45, 7) is 2.13. The van der Waals surface area contributed by atoms with Crippen molar-refractivity contribution in [3.8, 4) is 0 Å². The van der Waals surface area contributed by atoms with Crippen molar-refractivity contribution >= 4 is 22.7 Å². The van der Waals surface area contributed by atoms with Gasteiger partial charge in [0.2, 0.25) is 0 Å². The van der Waals surface area contributed by atoms with E-state index in [1.165, 1.54) is 26.4 Å². The fourth-order valence-corrected chi connectivity index (χ4v) is 3.01. The molecule has 0 bridgehead atoms. The Kier molecular flexibility index (Phi) is 2.65. The Morgan fingerprint density at radius 3 is 2.41 bits per heavy atom.